The van der Waals surface area contributed by atoms with Gasteiger partial charge >= 0.3 is 0 Å². The third-order valence-corrected chi connectivity index (χ3v) is 11.4. The molecule has 0 fully saturated rings. The predicted molar refractivity (Wildman–Crippen MR) is 252 cm³/mol. The Labute approximate surface area is 386 Å². The Bertz CT molecular complexity index is 2900. The van der Waals surface area contributed by atoms with Gasteiger partial charge in [-0.3, -0.25) is 0 Å². The quantitative estimate of drug-likeness (QED) is 0.147. The zero-order valence-corrected chi connectivity index (χ0v) is 39.8. The molecule has 9 heteroatoms. The summed E-state index contributed by atoms with van der Waals surface area (Å²) in [5, 5.41) is 2.01. The molecule has 4 heterocycles. The van der Waals surface area contributed by atoms with E-state index in [4.69, 9.17) is 24.7 Å². The van der Waals surface area contributed by atoms with Crippen LogP contribution in [0, 0.1) is 18.8 Å². The van der Waals surface area contributed by atoms with Crippen molar-refractivity contribution in [1.29, 1.82) is 0 Å². The van der Waals surface area contributed by atoms with E-state index in [0.29, 0.717) is 34.5 Å². The van der Waals surface area contributed by atoms with Crippen LogP contribution in [0.2, 0.25) is 0 Å². The molecule has 0 aliphatic carbocycles. The van der Waals surface area contributed by atoms with E-state index in [1.54, 1.807) is 0 Å². The Kier molecular flexibility index (Phi) is 11.4. The summed E-state index contributed by atoms with van der Waals surface area (Å²) < 4.78 is 9.23. The van der Waals surface area contributed by atoms with Crippen LogP contribution in [0.5, 0.6) is 11.5 Å². The molecule has 8 nitrogen and oxygen atoms in total. The monoisotopic (exact) mass is 1010 g/mol. The van der Waals surface area contributed by atoms with E-state index in [9.17, 15) is 0 Å². The Hall–Kier alpha value is -6.11. The summed E-state index contributed by atoms with van der Waals surface area (Å²) in [5.74, 6) is 3.38. The molecule has 1 aliphatic heterocycles. The van der Waals surface area contributed by atoms with Crippen LogP contribution in [-0.4, -0.2) is 36.5 Å². The first-order chi connectivity index (χ1) is 29.5. The molecule has 8 aromatic rings. The molecular weight excluding hydrogens is 958 g/mol. The Morgan fingerprint density at radius 1 is 0.587 bits per heavy atom. The van der Waals surface area contributed by atoms with Crippen molar-refractivity contribution in [2.24, 2.45) is 0 Å². The van der Waals surface area contributed by atoms with Gasteiger partial charge in [0.15, 0.2) is 11.6 Å². The molecule has 0 radical (unpaired) electrons. The molecule has 0 atom stereocenters. The number of nitrogens with zero attached hydrogens (tertiary/aromatic N) is 7. The van der Waals surface area contributed by atoms with Gasteiger partial charge in [-0.1, -0.05) is 141 Å². The molecule has 322 valence electrons. The van der Waals surface area contributed by atoms with Crippen LogP contribution in [0.4, 0.5) is 5.69 Å². The van der Waals surface area contributed by atoms with Gasteiger partial charge in [0.1, 0.15) is 11.6 Å². The van der Waals surface area contributed by atoms with E-state index in [1.165, 1.54) is 11.1 Å². The summed E-state index contributed by atoms with van der Waals surface area (Å²) in [6, 6.07) is 45.1. The average Bonchev–Trinajstić information content (AvgIpc) is 3.83. The largest absolute Gasteiger partial charge is 0.510 e. The van der Waals surface area contributed by atoms with Gasteiger partial charge in [-0.25, -0.2) is 19.9 Å². The molecular formula is C54H52N7OPt-3. The first-order valence-corrected chi connectivity index (χ1v) is 21.2. The smallest absolute Gasteiger partial charge is 0.162 e. The summed E-state index contributed by atoms with van der Waals surface area (Å²) in [7, 11) is 2.01. The fraction of sp³-hybridized carbons (Fsp3) is 0.241. The minimum atomic E-state index is -0.178. The van der Waals surface area contributed by atoms with Crippen molar-refractivity contribution >= 4 is 27.5 Å². The number of pyridine rings is 1. The van der Waals surface area contributed by atoms with E-state index in [-0.39, 0.29) is 37.3 Å². The molecule has 0 spiro atoms. The Morgan fingerprint density at radius 3 is 1.73 bits per heavy atom. The van der Waals surface area contributed by atoms with Gasteiger partial charge in [0.2, 0.25) is 0 Å². The maximum atomic E-state index is 7.10. The zero-order valence-electron chi connectivity index (χ0n) is 37.6. The van der Waals surface area contributed by atoms with Gasteiger partial charge in [-0.2, -0.15) is 6.67 Å². The number of hydrogen-bond donors (Lipinski definition) is 0. The average molecular weight is 1010 g/mol. The van der Waals surface area contributed by atoms with Crippen molar-refractivity contribution < 1.29 is 25.8 Å². The van der Waals surface area contributed by atoms with E-state index >= 15 is 0 Å². The first-order valence-electron chi connectivity index (χ1n) is 21.2. The van der Waals surface area contributed by atoms with Crippen molar-refractivity contribution in [1.82, 2.24) is 29.4 Å². The molecule has 5 aromatic carbocycles. The van der Waals surface area contributed by atoms with Gasteiger partial charge in [-0.15, -0.1) is 47.0 Å². The van der Waals surface area contributed by atoms with Gasteiger partial charge in [0.05, 0.1) is 0 Å². The normalized spacial score (nSPS) is 13.2. The van der Waals surface area contributed by atoms with Crippen molar-refractivity contribution in [3.63, 3.8) is 0 Å². The number of anilines is 1. The number of aromatic nitrogens is 5. The number of fused-ring (bicyclic) bond motifs is 3. The topological polar surface area (TPSA) is 72.2 Å². The fourth-order valence-electron chi connectivity index (χ4n) is 7.74. The molecule has 1 aliphatic rings. The second-order valence-corrected chi connectivity index (χ2v) is 19.2. The summed E-state index contributed by atoms with van der Waals surface area (Å²) in [6.07, 6.45) is 5.85. The summed E-state index contributed by atoms with van der Waals surface area (Å²) >= 11 is 0. The maximum Gasteiger partial charge on any atom is 0.162 e. The number of hydrogen-bond acceptors (Lipinski definition) is 7. The Morgan fingerprint density at radius 2 is 1.17 bits per heavy atom. The van der Waals surface area contributed by atoms with Gasteiger partial charge in [0, 0.05) is 55.4 Å². The van der Waals surface area contributed by atoms with Crippen LogP contribution < -0.4 is 9.64 Å². The van der Waals surface area contributed by atoms with Gasteiger partial charge in [0.25, 0.3) is 0 Å². The molecule has 63 heavy (non-hydrogen) atoms. The first kappa shape index (κ1) is 43.5. The second-order valence-electron chi connectivity index (χ2n) is 19.2. The Balaban J connectivity index is 0.00000544. The van der Waals surface area contributed by atoms with Gasteiger partial charge in [-0.05, 0) is 76.0 Å². The molecule has 0 bridgehead atoms. The molecule has 0 amide bonds. The maximum absolute atomic E-state index is 7.10. The van der Waals surface area contributed by atoms with Crippen LogP contribution in [0.25, 0.3) is 61.8 Å². The molecule has 9 rings (SSSR count). The van der Waals surface area contributed by atoms with E-state index in [2.05, 4.69) is 175 Å². The van der Waals surface area contributed by atoms with Gasteiger partial charge < -0.3 is 19.1 Å². The SMILES string of the molecule is CN1C=CN(c2[c-]c(Oc3[c-]c4c(cc3-c3nc(-c5ccc(C(C)(C)C)cc5)nc(-c5ccc(C(C)(C)C)cc5)n3)c3ccccc3n4-c3ccccn3)cc(C(C)(C)C)c2)[CH-]1.[Pt]. The van der Waals surface area contributed by atoms with E-state index in [1.807, 2.05) is 55.4 Å². The second kappa shape index (κ2) is 16.5. The minimum Gasteiger partial charge on any atom is -0.510 e. The molecule has 0 saturated carbocycles. The fourth-order valence-corrected chi connectivity index (χ4v) is 7.74. The summed E-state index contributed by atoms with van der Waals surface area (Å²) in [5.41, 5.74) is 8.52. The van der Waals surface area contributed by atoms with Crippen LogP contribution in [0.1, 0.15) is 79.0 Å². The number of benzene rings is 5. The summed E-state index contributed by atoms with van der Waals surface area (Å²) in [6.45, 7) is 22.0. The van der Waals surface area contributed by atoms with Crippen LogP contribution in [0.3, 0.4) is 0 Å². The third kappa shape index (κ3) is 8.79. The van der Waals surface area contributed by atoms with Crippen LogP contribution in [0.15, 0.2) is 128 Å². The molecule has 3 aromatic heterocycles. The van der Waals surface area contributed by atoms with Crippen LogP contribution >= 0.6 is 0 Å². The van der Waals surface area contributed by atoms with Crippen molar-refractivity contribution in [3.8, 4) is 51.5 Å². The number of para-hydroxylation sites is 1. The zero-order chi connectivity index (χ0) is 43.6. The van der Waals surface area contributed by atoms with E-state index in [0.717, 1.165) is 50.0 Å². The van der Waals surface area contributed by atoms with Crippen molar-refractivity contribution in [2.75, 3.05) is 11.9 Å². The standard InChI is InChI=1S/C54H52N7O.Pt/c1-52(2,3)37-22-18-35(19-23-37)49-56-50(36-20-24-38(25-21-36)53(4,5)6)58-51(57-49)44-32-43-42-15-11-12-16-45(42)61(48-17-13-14-26-55-48)46(43)33-47(44)62-41-30-39(54(7,8)9)29-40(31-41)60-28-27-59(10)34-60;/h11-30,32,34H,1-10H3;/q-3;. The van der Waals surface area contributed by atoms with Crippen molar-refractivity contribution in [3.05, 3.63) is 163 Å². The summed E-state index contributed by atoms with van der Waals surface area (Å²) in [4.78, 5) is 24.5. The molecule has 0 N–H and O–H groups in total. The predicted octanol–water partition coefficient (Wildman–Crippen LogP) is 13.0. The molecule has 0 saturated heterocycles. The van der Waals surface area contributed by atoms with Crippen LogP contribution in [-0.2, 0) is 37.3 Å². The number of ether oxygens (including phenoxy) is 1. The minimum absolute atomic E-state index is 0. The molecule has 0 unspecified atom stereocenters. The number of rotatable bonds is 7. The van der Waals surface area contributed by atoms with Crippen molar-refractivity contribution in [2.45, 2.75) is 78.6 Å². The van der Waals surface area contributed by atoms with E-state index < -0.39 is 0 Å². The third-order valence-electron chi connectivity index (χ3n) is 11.4.